The van der Waals surface area contributed by atoms with Crippen LogP contribution in [0.15, 0.2) is 54.7 Å². The predicted octanol–water partition coefficient (Wildman–Crippen LogP) is 3.80. The molecular formula is C16H16N2. The fraction of sp³-hybridized carbons (Fsp3) is 0.125. The Balaban J connectivity index is 1.96. The van der Waals surface area contributed by atoms with Crippen molar-refractivity contribution in [3.63, 3.8) is 0 Å². The lowest BCUT2D eigenvalue weighted by Crippen LogP contribution is -1.91. The van der Waals surface area contributed by atoms with Crippen LogP contribution in [0.4, 0.5) is 5.69 Å². The van der Waals surface area contributed by atoms with Crippen LogP contribution < -0.4 is 5.32 Å². The Morgan fingerprint density at radius 1 is 1.06 bits per heavy atom. The molecule has 0 aliphatic carbocycles. The third kappa shape index (κ3) is 1.97. The Morgan fingerprint density at radius 2 is 1.94 bits per heavy atom. The van der Waals surface area contributed by atoms with Crippen LogP contribution >= 0.6 is 0 Å². The van der Waals surface area contributed by atoms with Gasteiger partial charge in [0.15, 0.2) is 0 Å². The zero-order chi connectivity index (χ0) is 12.4. The number of rotatable bonds is 3. The van der Waals surface area contributed by atoms with Gasteiger partial charge in [0.25, 0.3) is 0 Å². The number of aromatic amines is 1. The predicted molar refractivity (Wildman–Crippen MR) is 77.1 cm³/mol. The van der Waals surface area contributed by atoms with Gasteiger partial charge in [-0.1, -0.05) is 30.3 Å². The summed E-state index contributed by atoms with van der Waals surface area (Å²) in [7, 11) is 1.95. The standard InChI is InChI=1S/C16H16N2/c1-17-14-6-4-5-12(10-14)9-13-11-18-16-8-3-2-7-15(13)16/h2-8,10-11,17-18H,9H2,1H3. The first-order valence-electron chi connectivity index (χ1n) is 6.18. The average molecular weight is 236 g/mol. The second kappa shape index (κ2) is 4.57. The summed E-state index contributed by atoms with van der Waals surface area (Å²) in [5, 5.41) is 4.49. The Hall–Kier alpha value is -2.22. The highest BCUT2D eigenvalue weighted by Gasteiger charge is 2.04. The third-order valence-corrected chi connectivity index (χ3v) is 3.29. The van der Waals surface area contributed by atoms with E-state index in [0.29, 0.717) is 0 Å². The van der Waals surface area contributed by atoms with Crippen molar-refractivity contribution in [3.8, 4) is 0 Å². The third-order valence-electron chi connectivity index (χ3n) is 3.29. The minimum Gasteiger partial charge on any atom is -0.388 e. The lowest BCUT2D eigenvalue weighted by atomic mass is 10.0. The second-order valence-corrected chi connectivity index (χ2v) is 4.49. The molecule has 2 nitrogen and oxygen atoms in total. The molecule has 1 heterocycles. The number of H-pyrrole nitrogens is 1. The fourth-order valence-corrected chi connectivity index (χ4v) is 2.33. The molecule has 18 heavy (non-hydrogen) atoms. The molecule has 3 aromatic rings. The molecule has 2 aromatic carbocycles. The maximum atomic E-state index is 3.32. The van der Waals surface area contributed by atoms with Crippen molar-refractivity contribution >= 4 is 16.6 Å². The molecule has 0 unspecified atom stereocenters. The number of aromatic nitrogens is 1. The van der Waals surface area contributed by atoms with Gasteiger partial charge >= 0.3 is 0 Å². The quantitative estimate of drug-likeness (QED) is 0.711. The summed E-state index contributed by atoms with van der Waals surface area (Å²) in [6.45, 7) is 0. The normalized spacial score (nSPS) is 10.7. The van der Waals surface area contributed by atoms with Crippen molar-refractivity contribution in [3.05, 3.63) is 65.9 Å². The Kier molecular flexibility index (Phi) is 2.77. The van der Waals surface area contributed by atoms with Crippen LogP contribution in [0.2, 0.25) is 0 Å². The van der Waals surface area contributed by atoms with Crippen LogP contribution in [-0.4, -0.2) is 12.0 Å². The van der Waals surface area contributed by atoms with Crippen LogP contribution in [0.5, 0.6) is 0 Å². The molecule has 0 saturated carbocycles. The van der Waals surface area contributed by atoms with Crippen LogP contribution in [0.25, 0.3) is 10.9 Å². The van der Waals surface area contributed by atoms with Gasteiger partial charge in [0.2, 0.25) is 0 Å². The summed E-state index contributed by atoms with van der Waals surface area (Å²) >= 11 is 0. The molecule has 2 N–H and O–H groups in total. The van der Waals surface area contributed by atoms with E-state index in [1.54, 1.807) is 0 Å². The van der Waals surface area contributed by atoms with E-state index in [0.717, 1.165) is 12.1 Å². The van der Waals surface area contributed by atoms with Crippen LogP contribution in [0, 0.1) is 0 Å². The molecule has 3 rings (SSSR count). The van der Waals surface area contributed by atoms with E-state index in [1.807, 2.05) is 7.05 Å². The highest BCUT2D eigenvalue weighted by atomic mass is 14.8. The number of hydrogen-bond acceptors (Lipinski definition) is 1. The molecule has 0 bridgehead atoms. The largest absolute Gasteiger partial charge is 0.388 e. The maximum Gasteiger partial charge on any atom is 0.0456 e. The molecule has 90 valence electrons. The summed E-state index contributed by atoms with van der Waals surface area (Å²) in [6.07, 6.45) is 3.07. The molecule has 1 aromatic heterocycles. The molecule has 0 fully saturated rings. The first-order chi connectivity index (χ1) is 8.86. The van der Waals surface area contributed by atoms with E-state index in [2.05, 4.69) is 65.0 Å². The van der Waals surface area contributed by atoms with Gasteiger partial charge in [-0.25, -0.2) is 0 Å². The van der Waals surface area contributed by atoms with Crippen molar-refractivity contribution < 1.29 is 0 Å². The van der Waals surface area contributed by atoms with E-state index in [1.165, 1.54) is 22.0 Å². The fourth-order valence-electron chi connectivity index (χ4n) is 2.33. The number of anilines is 1. The van der Waals surface area contributed by atoms with E-state index < -0.39 is 0 Å². The summed E-state index contributed by atoms with van der Waals surface area (Å²) in [5.41, 5.74) is 5.04. The zero-order valence-electron chi connectivity index (χ0n) is 10.4. The maximum absolute atomic E-state index is 3.32. The van der Waals surface area contributed by atoms with Crippen LogP contribution in [0.3, 0.4) is 0 Å². The minimum absolute atomic E-state index is 0.958. The van der Waals surface area contributed by atoms with Gasteiger partial charge in [0.05, 0.1) is 0 Å². The molecule has 0 radical (unpaired) electrons. The lowest BCUT2D eigenvalue weighted by Gasteiger charge is -2.04. The molecule has 0 atom stereocenters. The lowest BCUT2D eigenvalue weighted by molar-refractivity contribution is 1.20. The monoisotopic (exact) mass is 236 g/mol. The van der Waals surface area contributed by atoms with E-state index in [-0.39, 0.29) is 0 Å². The number of nitrogens with one attached hydrogen (secondary N) is 2. The smallest absolute Gasteiger partial charge is 0.0456 e. The Labute approximate surface area is 107 Å². The molecular weight excluding hydrogens is 220 g/mol. The topological polar surface area (TPSA) is 27.8 Å². The summed E-state index contributed by atoms with van der Waals surface area (Å²) < 4.78 is 0. The first-order valence-corrected chi connectivity index (χ1v) is 6.18. The van der Waals surface area contributed by atoms with Gasteiger partial charge < -0.3 is 10.3 Å². The average Bonchev–Trinajstić information content (AvgIpc) is 2.83. The summed E-state index contributed by atoms with van der Waals surface area (Å²) in [6, 6.07) is 17.0. The highest BCUT2D eigenvalue weighted by Crippen LogP contribution is 2.21. The molecule has 0 spiro atoms. The van der Waals surface area contributed by atoms with Crippen LogP contribution in [0.1, 0.15) is 11.1 Å². The number of fused-ring (bicyclic) bond motifs is 1. The van der Waals surface area contributed by atoms with E-state index in [4.69, 9.17) is 0 Å². The number of para-hydroxylation sites is 1. The van der Waals surface area contributed by atoms with Crippen molar-refractivity contribution in [2.75, 3.05) is 12.4 Å². The van der Waals surface area contributed by atoms with Crippen LogP contribution in [-0.2, 0) is 6.42 Å². The Morgan fingerprint density at radius 3 is 2.83 bits per heavy atom. The number of benzene rings is 2. The SMILES string of the molecule is CNc1cccc(Cc2c[nH]c3ccccc23)c1. The van der Waals surface area contributed by atoms with Crippen molar-refractivity contribution in [1.29, 1.82) is 0 Å². The highest BCUT2D eigenvalue weighted by molar-refractivity contribution is 5.83. The minimum atomic E-state index is 0.958. The molecule has 2 heteroatoms. The summed E-state index contributed by atoms with van der Waals surface area (Å²) in [5.74, 6) is 0. The molecule has 0 aliphatic heterocycles. The van der Waals surface area contributed by atoms with Gasteiger partial charge in [-0.3, -0.25) is 0 Å². The van der Waals surface area contributed by atoms with Gasteiger partial charge in [-0.05, 0) is 35.7 Å². The molecule has 0 aliphatic rings. The number of hydrogen-bond donors (Lipinski definition) is 2. The molecule has 0 saturated heterocycles. The van der Waals surface area contributed by atoms with E-state index >= 15 is 0 Å². The van der Waals surface area contributed by atoms with Crippen molar-refractivity contribution in [1.82, 2.24) is 4.98 Å². The van der Waals surface area contributed by atoms with Crippen molar-refractivity contribution in [2.45, 2.75) is 6.42 Å². The van der Waals surface area contributed by atoms with Gasteiger partial charge in [0.1, 0.15) is 0 Å². The van der Waals surface area contributed by atoms with Gasteiger partial charge in [0, 0.05) is 29.8 Å². The van der Waals surface area contributed by atoms with Gasteiger partial charge in [-0.15, -0.1) is 0 Å². The van der Waals surface area contributed by atoms with E-state index in [9.17, 15) is 0 Å². The summed E-state index contributed by atoms with van der Waals surface area (Å²) in [4.78, 5) is 3.32. The molecule has 0 amide bonds. The zero-order valence-corrected chi connectivity index (χ0v) is 10.4. The Bertz CT molecular complexity index is 667. The van der Waals surface area contributed by atoms with Crippen molar-refractivity contribution in [2.24, 2.45) is 0 Å². The van der Waals surface area contributed by atoms with Gasteiger partial charge in [-0.2, -0.15) is 0 Å². The first kappa shape index (κ1) is 10.9. The second-order valence-electron chi connectivity index (χ2n) is 4.49.